The molecule has 19 heavy (non-hydrogen) atoms. The van der Waals surface area contributed by atoms with E-state index in [9.17, 15) is 14.4 Å². The summed E-state index contributed by atoms with van der Waals surface area (Å²) in [5.74, 6) is -0.187. The molecule has 0 saturated heterocycles. The SMILES string of the molecule is CCC(=O)N1CCC(=O)c2cc(NC(C)=O)ccc21. The summed E-state index contributed by atoms with van der Waals surface area (Å²) in [4.78, 5) is 36.4. The Kier molecular flexibility index (Phi) is 3.64. The molecule has 2 amide bonds. The Morgan fingerprint density at radius 1 is 1.37 bits per heavy atom. The first-order valence-electron chi connectivity index (χ1n) is 6.28. The van der Waals surface area contributed by atoms with Gasteiger partial charge >= 0.3 is 0 Å². The zero-order valence-corrected chi connectivity index (χ0v) is 11.0. The van der Waals surface area contributed by atoms with E-state index in [-0.39, 0.29) is 17.6 Å². The molecule has 1 aromatic rings. The highest BCUT2D eigenvalue weighted by molar-refractivity contribution is 6.09. The summed E-state index contributed by atoms with van der Waals surface area (Å²) in [5, 5.41) is 2.64. The van der Waals surface area contributed by atoms with Crippen LogP contribution in [0.4, 0.5) is 11.4 Å². The Morgan fingerprint density at radius 2 is 2.11 bits per heavy atom. The lowest BCUT2D eigenvalue weighted by atomic mass is 9.99. The summed E-state index contributed by atoms with van der Waals surface area (Å²) in [7, 11) is 0. The largest absolute Gasteiger partial charge is 0.326 e. The summed E-state index contributed by atoms with van der Waals surface area (Å²) >= 11 is 0. The van der Waals surface area contributed by atoms with Gasteiger partial charge in [-0.1, -0.05) is 6.92 Å². The molecule has 1 aliphatic rings. The van der Waals surface area contributed by atoms with Crippen LogP contribution in [0, 0.1) is 0 Å². The van der Waals surface area contributed by atoms with Crippen molar-refractivity contribution in [1.82, 2.24) is 0 Å². The van der Waals surface area contributed by atoms with Crippen molar-refractivity contribution in [3.8, 4) is 0 Å². The molecule has 0 spiro atoms. The Bertz CT molecular complexity index is 552. The second-order valence-corrected chi connectivity index (χ2v) is 4.49. The van der Waals surface area contributed by atoms with Gasteiger partial charge in [0.2, 0.25) is 11.8 Å². The van der Waals surface area contributed by atoms with Gasteiger partial charge in [-0.25, -0.2) is 0 Å². The van der Waals surface area contributed by atoms with Crippen molar-refractivity contribution in [3.05, 3.63) is 23.8 Å². The lowest BCUT2D eigenvalue weighted by molar-refractivity contribution is -0.118. The number of Topliss-reactive ketones (excluding diaryl/α,β-unsaturated/α-hetero) is 1. The summed E-state index contributed by atoms with van der Waals surface area (Å²) < 4.78 is 0. The summed E-state index contributed by atoms with van der Waals surface area (Å²) in [6.45, 7) is 3.64. The van der Waals surface area contributed by atoms with Gasteiger partial charge in [0.25, 0.3) is 0 Å². The standard InChI is InChI=1S/C14H16N2O3/c1-3-14(19)16-7-6-13(18)11-8-10(15-9(2)17)4-5-12(11)16/h4-5,8H,3,6-7H2,1-2H3,(H,15,17). The molecule has 0 fully saturated rings. The van der Waals surface area contributed by atoms with Crippen LogP contribution in [0.15, 0.2) is 18.2 Å². The Morgan fingerprint density at radius 3 is 2.74 bits per heavy atom. The number of carbonyl (C=O) groups excluding carboxylic acids is 3. The molecular weight excluding hydrogens is 244 g/mol. The van der Waals surface area contributed by atoms with E-state index >= 15 is 0 Å². The third kappa shape index (κ3) is 2.65. The van der Waals surface area contributed by atoms with Gasteiger partial charge in [-0.3, -0.25) is 14.4 Å². The fraction of sp³-hybridized carbons (Fsp3) is 0.357. The van der Waals surface area contributed by atoms with Crippen LogP contribution in [-0.2, 0) is 9.59 Å². The van der Waals surface area contributed by atoms with E-state index in [0.29, 0.717) is 36.3 Å². The molecular formula is C14H16N2O3. The number of benzene rings is 1. The smallest absolute Gasteiger partial charge is 0.226 e. The molecule has 0 atom stereocenters. The number of hydrogen-bond acceptors (Lipinski definition) is 3. The van der Waals surface area contributed by atoms with Crippen LogP contribution in [0.5, 0.6) is 0 Å². The molecule has 1 heterocycles. The first kappa shape index (κ1) is 13.3. The van der Waals surface area contributed by atoms with Gasteiger partial charge in [-0.15, -0.1) is 0 Å². The van der Waals surface area contributed by atoms with E-state index in [4.69, 9.17) is 0 Å². The van der Waals surface area contributed by atoms with Gasteiger partial charge in [-0.2, -0.15) is 0 Å². The predicted molar refractivity (Wildman–Crippen MR) is 72.3 cm³/mol. The second kappa shape index (κ2) is 5.22. The summed E-state index contributed by atoms with van der Waals surface area (Å²) in [5.41, 5.74) is 1.71. The van der Waals surface area contributed by atoms with Crippen LogP contribution in [0.25, 0.3) is 0 Å². The maximum Gasteiger partial charge on any atom is 0.226 e. The van der Waals surface area contributed by atoms with Crippen molar-refractivity contribution in [3.63, 3.8) is 0 Å². The maximum absolute atomic E-state index is 11.9. The summed E-state index contributed by atoms with van der Waals surface area (Å²) in [6.07, 6.45) is 0.726. The Balaban J connectivity index is 2.41. The highest BCUT2D eigenvalue weighted by atomic mass is 16.2. The number of amides is 2. The van der Waals surface area contributed by atoms with Gasteiger partial charge in [0.05, 0.1) is 5.69 Å². The van der Waals surface area contributed by atoms with Gasteiger partial charge in [0.1, 0.15) is 0 Å². The van der Waals surface area contributed by atoms with Gasteiger partial charge < -0.3 is 10.2 Å². The van der Waals surface area contributed by atoms with Crippen molar-refractivity contribution in [2.75, 3.05) is 16.8 Å². The molecule has 0 radical (unpaired) electrons. The fourth-order valence-corrected chi connectivity index (χ4v) is 2.19. The molecule has 1 aliphatic heterocycles. The predicted octanol–water partition coefficient (Wildman–Crippen LogP) is 1.97. The molecule has 2 rings (SSSR count). The van der Waals surface area contributed by atoms with Crippen molar-refractivity contribution >= 4 is 29.0 Å². The average Bonchev–Trinajstić information content (AvgIpc) is 2.38. The van der Waals surface area contributed by atoms with Crippen LogP contribution >= 0.6 is 0 Å². The van der Waals surface area contributed by atoms with E-state index in [0.717, 1.165) is 0 Å². The number of nitrogens with one attached hydrogen (secondary N) is 1. The fourth-order valence-electron chi connectivity index (χ4n) is 2.19. The third-order valence-electron chi connectivity index (χ3n) is 3.07. The topological polar surface area (TPSA) is 66.5 Å². The van der Waals surface area contributed by atoms with Crippen LogP contribution < -0.4 is 10.2 Å². The van der Waals surface area contributed by atoms with Crippen molar-refractivity contribution in [2.45, 2.75) is 26.7 Å². The first-order chi connectivity index (χ1) is 9.02. The highest BCUT2D eigenvalue weighted by Crippen LogP contribution is 2.30. The lowest BCUT2D eigenvalue weighted by Crippen LogP contribution is -2.37. The minimum atomic E-state index is -0.190. The molecule has 100 valence electrons. The molecule has 0 aliphatic carbocycles. The number of anilines is 2. The summed E-state index contributed by atoms with van der Waals surface area (Å²) in [6, 6.07) is 5.05. The van der Waals surface area contributed by atoms with E-state index in [1.165, 1.54) is 6.92 Å². The van der Waals surface area contributed by atoms with E-state index < -0.39 is 0 Å². The van der Waals surface area contributed by atoms with Gasteiger partial charge in [0.15, 0.2) is 5.78 Å². The van der Waals surface area contributed by atoms with Crippen LogP contribution in [0.1, 0.15) is 37.0 Å². The molecule has 0 saturated carbocycles. The highest BCUT2D eigenvalue weighted by Gasteiger charge is 2.26. The Labute approximate surface area is 111 Å². The molecule has 1 N–H and O–H groups in total. The number of hydrogen-bond donors (Lipinski definition) is 1. The van der Waals surface area contributed by atoms with Crippen molar-refractivity contribution < 1.29 is 14.4 Å². The van der Waals surface area contributed by atoms with Crippen molar-refractivity contribution in [2.24, 2.45) is 0 Å². The van der Waals surface area contributed by atoms with E-state index in [1.807, 2.05) is 0 Å². The van der Waals surface area contributed by atoms with Crippen LogP contribution in [0.2, 0.25) is 0 Å². The average molecular weight is 260 g/mol. The van der Waals surface area contributed by atoms with Crippen molar-refractivity contribution in [1.29, 1.82) is 0 Å². The second-order valence-electron chi connectivity index (χ2n) is 4.49. The van der Waals surface area contributed by atoms with Crippen LogP contribution in [-0.4, -0.2) is 24.1 Å². The molecule has 5 heteroatoms. The van der Waals surface area contributed by atoms with E-state index in [2.05, 4.69) is 5.32 Å². The number of fused-ring (bicyclic) bond motifs is 1. The normalized spacial score (nSPS) is 14.0. The zero-order chi connectivity index (χ0) is 14.0. The van der Waals surface area contributed by atoms with Gasteiger partial charge in [0, 0.05) is 37.6 Å². The molecule has 5 nitrogen and oxygen atoms in total. The molecule has 0 unspecified atom stereocenters. The van der Waals surface area contributed by atoms with Crippen LogP contribution in [0.3, 0.4) is 0 Å². The minimum Gasteiger partial charge on any atom is -0.326 e. The molecule has 0 bridgehead atoms. The third-order valence-corrected chi connectivity index (χ3v) is 3.07. The monoisotopic (exact) mass is 260 g/mol. The lowest BCUT2D eigenvalue weighted by Gasteiger charge is -2.28. The quantitative estimate of drug-likeness (QED) is 0.884. The molecule has 0 aromatic heterocycles. The van der Waals surface area contributed by atoms with Gasteiger partial charge in [-0.05, 0) is 18.2 Å². The van der Waals surface area contributed by atoms with E-state index in [1.54, 1.807) is 30.0 Å². The number of rotatable bonds is 2. The minimum absolute atomic E-state index is 0.000951. The Hall–Kier alpha value is -2.17. The number of ketones is 1. The number of carbonyl (C=O) groups is 3. The maximum atomic E-state index is 11.9. The molecule has 1 aromatic carbocycles. The number of nitrogens with zero attached hydrogens (tertiary/aromatic N) is 1. The first-order valence-corrected chi connectivity index (χ1v) is 6.28. The zero-order valence-electron chi connectivity index (χ0n) is 11.0.